The molecular formula is C15H19N5O. The third-order valence-electron chi connectivity index (χ3n) is 3.86. The van der Waals surface area contributed by atoms with Gasteiger partial charge in [-0.25, -0.2) is 4.98 Å². The van der Waals surface area contributed by atoms with Crippen molar-refractivity contribution in [2.24, 2.45) is 0 Å². The first-order chi connectivity index (χ1) is 10.1. The molecule has 6 nitrogen and oxygen atoms in total. The van der Waals surface area contributed by atoms with Gasteiger partial charge in [-0.05, 0) is 32.8 Å². The maximum absolute atomic E-state index is 12.5. The van der Waals surface area contributed by atoms with E-state index in [4.69, 9.17) is 0 Å². The normalized spacial score (nSPS) is 18.8. The third-order valence-corrected chi connectivity index (χ3v) is 3.86. The first kappa shape index (κ1) is 13.7. The number of likely N-dealkylation sites (tertiary alicyclic amines) is 1. The van der Waals surface area contributed by atoms with Crippen molar-refractivity contribution in [3.8, 4) is 0 Å². The SMILES string of the molecule is Cc1cc(C)n([C@H]2CCCN(C(=O)c3cnccn3)C2)n1. The molecule has 0 bridgehead atoms. The van der Waals surface area contributed by atoms with Crippen LogP contribution in [-0.4, -0.2) is 43.6 Å². The number of rotatable bonds is 2. The molecule has 0 aliphatic carbocycles. The van der Waals surface area contributed by atoms with Crippen molar-refractivity contribution in [3.05, 3.63) is 41.7 Å². The molecule has 110 valence electrons. The van der Waals surface area contributed by atoms with Crippen LogP contribution in [0.4, 0.5) is 0 Å². The van der Waals surface area contributed by atoms with Crippen molar-refractivity contribution < 1.29 is 4.79 Å². The van der Waals surface area contributed by atoms with E-state index in [0.717, 1.165) is 30.8 Å². The average molecular weight is 285 g/mol. The highest BCUT2D eigenvalue weighted by atomic mass is 16.2. The standard InChI is InChI=1S/C15H19N5O/c1-11-8-12(2)20(18-11)13-4-3-7-19(10-13)15(21)14-9-16-5-6-17-14/h5-6,8-9,13H,3-4,7,10H2,1-2H3/t13-/m0/s1. The van der Waals surface area contributed by atoms with Crippen LogP contribution in [0.1, 0.15) is 40.8 Å². The van der Waals surface area contributed by atoms with Crippen molar-refractivity contribution >= 4 is 5.91 Å². The fraction of sp³-hybridized carbons (Fsp3) is 0.467. The van der Waals surface area contributed by atoms with E-state index >= 15 is 0 Å². The van der Waals surface area contributed by atoms with Crippen molar-refractivity contribution in [2.75, 3.05) is 13.1 Å². The maximum Gasteiger partial charge on any atom is 0.274 e. The minimum atomic E-state index is -0.0469. The number of hydrogen-bond acceptors (Lipinski definition) is 4. The second-order valence-electron chi connectivity index (χ2n) is 5.51. The summed E-state index contributed by atoms with van der Waals surface area (Å²) >= 11 is 0. The second kappa shape index (κ2) is 5.63. The molecule has 1 saturated heterocycles. The van der Waals surface area contributed by atoms with Crippen molar-refractivity contribution in [2.45, 2.75) is 32.7 Å². The average Bonchev–Trinajstić information content (AvgIpc) is 2.86. The lowest BCUT2D eigenvalue weighted by molar-refractivity contribution is 0.0665. The molecule has 1 aliphatic rings. The highest BCUT2D eigenvalue weighted by Gasteiger charge is 2.27. The van der Waals surface area contributed by atoms with Crippen molar-refractivity contribution in [1.82, 2.24) is 24.6 Å². The van der Waals surface area contributed by atoms with Gasteiger partial charge in [0.1, 0.15) is 5.69 Å². The van der Waals surface area contributed by atoms with E-state index in [1.807, 2.05) is 16.5 Å². The first-order valence-corrected chi connectivity index (χ1v) is 7.23. The Kier molecular flexibility index (Phi) is 3.68. The Bertz CT molecular complexity index is 637. The molecular weight excluding hydrogens is 266 g/mol. The Labute approximate surface area is 123 Å². The first-order valence-electron chi connectivity index (χ1n) is 7.23. The minimum Gasteiger partial charge on any atom is -0.335 e. The van der Waals surface area contributed by atoms with Crippen LogP contribution in [0.5, 0.6) is 0 Å². The van der Waals surface area contributed by atoms with E-state index in [-0.39, 0.29) is 11.9 Å². The quantitative estimate of drug-likeness (QED) is 0.843. The Balaban J connectivity index is 1.77. The molecule has 1 atom stereocenters. The van der Waals surface area contributed by atoms with E-state index in [0.29, 0.717) is 12.2 Å². The lowest BCUT2D eigenvalue weighted by Crippen LogP contribution is -2.41. The van der Waals surface area contributed by atoms with Gasteiger partial charge in [-0.3, -0.25) is 14.5 Å². The van der Waals surface area contributed by atoms with Gasteiger partial charge >= 0.3 is 0 Å². The van der Waals surface area contributed by atoms with Gasteiger partial charge in [0.15, 0.2) is 0 Å². The van der Waals surface area contributed by atoms with E-state index in [9.17, 15) is 4.79 Å². The highest BCUT2D eigenvalue weighted by Crippen LogP contribution is 2.23. The van der Waals surface area contributed by atoms with Gasteiger partial charge < -0.3 is 4.90 Å². The predicted molar refractivity (Wildman–Crippen MR) is 77.9 cm³/mol. The largest absolute Gasteiger partial charge is 0.335 e. The molecule has 0 spiro atoms. The highest BCUT2D eigenvalue weighted by molar-refractivity contribution is 5.92. The number of piperidine rings is 1. The van der Waals surface area contributed by atoms with Crippen LogP contribution in [0.15, 0.2) is 24.7 Å². The number of aryl methyl sites for hydroxylation is 2. The fourth-order valence-corrected chi connectivity index (χ4v) is 2.93. The van der Waals surface area contributed by atoms with E-state index in [2.05, 4.69) is 28.1 Å². The summed E-state index contributed by atoms with van der Waals surface area (Å²) in [6.07, 6.45) is 6.68. The molecule has 1 amide bonds. The predicted octanol–water partition coefficient (Wildman–Crippen LogP) is 1.77. The maximum atomic E-state index is 12.5. The summed E-state index contributed by atoms with van der Waals surface area (Å²) in [7, 11) is 0. The number of nitrogens with zero attached hydrogens (tertiary/aromatic N) is 5. The Morgan fingerprint density at radius 1 is 1.33 bits per heavy atom. The second-order valence-corrected chi connectivity index (χ2v) is 5.51. The number of hydrogen-bond donors (Lipinski definition) is 0. The molecule has 2 aromatic rings. The number of amides is 1. The third kappa shape index (κ3) is 2.79. The molecule has 3 heterocycles. The number of aromatic nitrogens is 4. The summed E-state index contributed by atoms with van der Waals surface area (Å²) in [6, 6.07) is 2.32. The molecule has 21 heavy (non-hydrogen) atoms. The summed E-state index contributed by atoms with van der Waals surface area (Å²) in [4.78, 5) is 22.4. The van der Waals surface area contributed by atoms with Crippen LogP contribution in [0, 0.1) is 13.8 Å². The lowest BCUT2D eigenvalue weighted by Gasteiger charge is -2.33. The van der Waals surface area contributed by atoms with Gasteiger partial charge in [0, 0.05) is 31.2 Å². The molecule has 0 saturated carbocycles. The minimum absolute atomic E-state index is 0.0469. The van der Waals surface area contributed by atoms with Crippen LogP contribution in [0.25, 0.3) is 0 Å². The Hall–Kier alpha value is -2.24. The molecule has 0 unspecified atom stereocenters. The zero-order valence-corrected chi connectivity index (χ0v) is 12.4. The summed E-state index contributed by atoms with van der Waals surface area (Å²) in [5.74, 6) is -0.0469. The van der Waals surface area contributed by atoms with Crippen LogP contribution >= 0.6 is 0 Å². The summed E-state index contributed by atoms with van der Waals surface area (Å²) in [5.41, 5.74) is 2.57. The van der Waals surface area contributed by atoms with Gasteiger partial charge in [-0.2, -0.15) is 5.10 Å². The summed E-state index contributed by atoms with van der Waals surface area (Å²) < 4.78 is 2.05. The molecule has 0 radical (unpaired) electrons. The van der Waals surface area contributed by atoms with E-state index in [1.54, 1.807) is 12.4 Å². The van der Waals surface area contributed by atoms with Crippen molar-refractivity contribution in [1.29, 1.82) is 0 Å². The van der Waals surface area contributed by atoms with E-state index in [1.165, 1.54) is 6.20 Å². The van der Waals surface area contributed by atoms with Gasteiger partial charge in [0.05, 0.1) is 17.9 Å². The molecule has 0 N–H and O–H groups in total. The van der Waals surface area contributed by atoms with Crippen LogP contribution in [0.2, 0.25) is 0 Å². The number of carbonyl (C=O) groups excluding carboxylic acids is 1. The van der Waals surface area contributed by atoms with E-state index < -0.39 is 0 Å². The zero-order valence-electron chi connectivity index (χ0n) is 12.4. The van der Waals surface area contributed by atoms with Gasteiger partial charge in [-0.15, -0.1) is 0 Å². The van der Waals surface area contributed by atoms with Crippen LogP contribution in [-0.2, 0) is 0 Å². The molecule has 1 fully saturated rings. The monoisotopic (exact) mass is 285 g/mol. The lowest BCUT2D eigenvalue weighted by atomic mass is 10.1. The number of carbonyl (C=O) groups is 1. The zero-order chi connectivity index (χ0) is 14.8. The Morgan fingerprint density at radius 3 is 2.86 bits per heavy atom. The van der Waals surface area contributed by atoms with Crippen LogP contribution < -0.4 is 0 Å². The summed E-state index contributed by atoms with van der Waals surface area (Å²) in [6.45, 7) is 5.50. The van der Waals surface area contributed by atoms with Gasteiger partial charge in [-0.1, -0.05) is 0 Å². The molecule has 2 aromatic heterocycles. The fourth-order valence-electron chi connectivity index (χ4n) is 2.93. The van der Waals surface area contributed by atoms with Crippen LogP contribution in [0.3, 0.4) is 0 Å². The van der Waals surface area contributed by atoms with Crippen molar-refractivity contribution in [3.63, 3.8) is 0 Å². The molecule has 3 rings (SSSR count). The Morgan fingerprint density at radius 2 is 2.19 bits per heavy atom. The topological polar surface area (TPSA) is 63.9 Å². The van der Waals surface area contributed by atoms with Gasteiger partial charge in [0.2, 0.25) is 0 Å². The molecule has 1 aliphatic heterocycles. The summed E-state index contributed by atoms with van der Waals surface area (Å²) in [5, 5.41) is 4.55. The smallest absolute Gasteiger partial charge is 0.274 e. The molecule has 6 heteroatoms. The molecule has 0 aromatic carbocycles. The van der Waals surface area contributed by atoms with Gasteiger partial charge in [0.25, 0.3) is 5.91 Å².